The lowest BCUT2D eigenvalue weighted by molar-refractivity contribution is -0.143. The van der Waals surface area contributed by atoms with Crippen LogP contribution >= 0.6 is 22.7 Å². The lowest BCUT2D eigenvalue weighted by atomic mass is 10.2. The summed E-state index contributed by atoms with van der Waals surface area (Å²) in [5.74, 6) is -0.174. The number of ether oxygens (including phenoxy) is 1. The molecule has 0 amide bonds. The first-order valence-corrected chi connectivity index (χ1v) is 8.63. The van der Waals surface area contributed by atoms with Crippen molar-refractivity contribution in [2.75, 3.05) is 11.9 Å². The van der Waals surface area contributed by atoms with Gasteiger partial charge in [0.25, 0.3) is 0 Å². The highest BCUT2D eigenvalue weighted by atomic mass is 32.1. The van der Waals surface area contributed by atoms with Crippen molar-refractivity contribution in [3.05, 3.63) is 27.2 Å². The number of thiazole rings is 2. The molecule has 2 aromatic heterocycles. The van der Waals surface area contributed by atoms with Gasteiger partial charge in [-0.3, -0.25) is 4.79 Å². The molecule has 0 aliphatic rings. The Labute approximate surface area is 132 Å². The zero-order valence-corrected chi connectivity index (χ0v) is 14.0. The number of nitrogens with zero attached hydrogens (tertiary/aromatic N) is 2. The summed E-state index contributed by atoms with van der Waals surface area (Å²) in [5.41, 5.74) is 1.95. The minimum absolute atomic E-state index is 0.132. The molecule has 1 atom stereocenters. The monoisotopic (exact) mass is 325 g/mol. The summed E-state index contributed by atoms with van der Waals surface area (Å²) >= 11 is 3.19. The van der Waals surface area contributed by atoms with Gasteiger partial charge in [0.1, 0.15) is 5.01 Å². The number of hydrogen-bond acceptors (Lipinski definition) is 7. The summed E-state index contributed by atoms with van der Waals surface area (Å²) in [4.78, 5) is 20.3. The van der Waals surface area contributed by atoms with Crippen molar-refractivity contribution in [1.29, 1.82) is 0 Å². The van der Waals surface area contributed by atoms with Crippen LogP contribution in [0, 0.1) is 6.92 Å². The Bertz CT molecular complexity index is 595. The highest BCUT2D eigenvalue weighted by Gasteiger charge is 2.12. The van der Waals surface area contributed by atoms with Crippen LogP contribution in [0.2, 0.25) is 0 Å². The largest absolute Gasteiger partial charge is 0.466 e. The third-order valence-corrected chi connectivity index (χ3v) is 4.76. The number of carbonyl (C=O) groups is 1. The molecule has 2 heterocycles. The molecule has 0 fully saturated rings. The van der Waals surface area contributed by atoms with Crippen molar-refractivity contribution in [3.8, 4) is 0 Å². The first-order chi connectivity index (χ1) is 10.1. The fourth-order valence-corrected chi connectivity index (χ4v) is 3.41. The Kier molecular flexibility index (Phi) is 5.69. The molecule has 0 aliphatic heterocycles. The van der Waals surface area contributed by atoms with Crippen LogP contribution in [0.15, 0.2) is 10.8 Å². The van der Waals surface area contributed by atoms with Gasteiger partial charge in [-0.2, -0.15) is 0 Å². The van der Waals surface area contributed by atoms with Gasteiger partial charge >= 0.3 is 5.97 Å². The minimum atomic E-state index is -0.174. The molecule has 0 aliphatic carbocycles. The number of nitrogens with one attached hydrogen (secondary N) is 1. The van der Waals surface area contributed by atoms with Gasteiger partial charge in [0.05, 0.1) is 24.8 Å². The quantitative estimate of drug-likeness (QED) is 0.788. The SMILES string of the molecule is CCOC(=O)CCc1csc(NC(C)c2nc(C)cs2)n1. The molecule has 0 saturated heterocycles. The van der Waals surface area contributed by atoms with E-state index in [1.165, 1.54) is 0 Å². The third-order valence-electron chi connectivity index (χ3n) is 2.79. The first kappa shape index (κ1) is 15.9. The average molecular weight is 325 g/mol. The molecule has 2 aromatic rings. The van der Waals surface area contributed by atoms with E-state index in [2.05, 4.69) is 22.2 Å². The second kappa shape index (κ2) is 7.51. The molecule has 0 aromatic carbocycles. The molecule has 1 unspecified atom stereocenters. The second-order valence-electron chi connectivity index (χ2n) is 4.64. The minimum Gasteiger partial charge on any atom is -0.466 e. The van der Waals surface area contributed by atoms with Gasteiger partial charge in [0, 0.05) is 22.9 Å². The van der Waals surface area contributed by atoms with Gasteiger partial charge in [0.15, 0.2) is 5.13 Å². The predicted octanol–water partition coefficient (Wildman–Crippen LogP) is 3.58. The van der Waals surface area contributed by atoms with E-state index in [-0.39, 0.29) is 12.0 Å². The van der Waals surface area contributed by atoms with Gasteiger partial charge in [-0.1, -0.05) is 0 Å². The Balaban J connectivity index is 1.86. The van der Waals surface area contributed by atoms with Crippen LogP contribution in [0.1, 0.15) is 42.7 Å². The molecule has 7 heteroatoms. The van der Waals surface area contributed by atoms with Crippen molar-refractivity contribution in [2.24, 2.45) is 0 Å². The number of aryl methyl sites for hydroxylation is 2. The molecule has 0 spiro atoms. The Morgan fingerprint density at radius 2 is 2.19 bits per heavy atom. The maximum Gasteiger partial charge on any atom is 0.306 e. The van der Waals surface area contributed by atoms with Crippen LogP contribution in [0.3, 0.4) is 0 Å². The van der Waals surface area contributed by atoms with Crippen molar-refractivity contribution in [1.82, 2.24) is 9.97 Å². The molecule has 0 bridgehead atoms. The Morgan fingerprint density at radius 1 is 1.38 bits per heavy atom. The number of aromatic nitrogens is 2. The van der Waals surface area contributed by atoms with Gasteiger partial charge < -0.3 is 10.1 Å². The lowest BCUT2D eigenvalue weighted by Gasteiger charge is -2.09. The van der Waals surface area contributed by atoms with Crippen molar-refractivity contribution >= 4 is 33.8 Å². The van der Waals surface area contributed by atoms with Crippen LogP contribution in [0.5, 0.6) is 0 Å². The summed E-state index contributed by atoms with van der Waals surface area (Å²) < 4.78 is 4.91. The van der Waals surface area contributed by atoms with E-state index >= 15 is 0 Å². The standard InChI is InChI=1S/C14H19N3O2S2/c1-4-19-12(18)6-5-11-8-21-14(17-11)16-10(3)13-15-9(2)7-20-13/h7-8,10H,4-6H2,1-3H3,(H,16,17). The first-order valence-electron chi connectivity index (χ1n) is 6.87. The molecule has 5 nitrogen and oxygen atoms in total. The van der Waals surface area contributed by atoms with Crippen LogP contribution < -0.4 is 5.32 Å². The number of hydrogen-bond donors (Lipinski definition) is 1. The van der Waals surface area contributed by atoms with Gasteiger partial charge in [0.2, 0.25) is 0 Å². The van der Waals surface area contributed by atoms with Crippen LogP contribution in [-0.2, 0) is 16.0 Å². The number of anilines is 1. The van der Waals surface area contributed by atoms with Crippen LogP contribution in [0.25, 0.3) is 0 Å². The van der Waals surface area contributed by atoms with Gasteiger partial charge in [-0.15, -0.1) is 22.7 Å². The Hall–Kier alpha value is -1.47. The molecule has 2 rings (SSSR count). The predicted molar refractivity (Wildman–Crippen MR) is 86.0 cm³/mol. The normalized spacial score (nSPS) is 12.1. The lowest BCUT2D eigenvalue weighted by Crippen LogP contribution is -2.07. The van der Waals surface area contributed by atoms with Crippen molar-refractivity contribution < 1.29 is 9.53 Å². The highest BCUT2D eigenvalue weighted by Crippen LogP contribution is 2.24. The molecule has 114 valence electrons. The summed E-state index contributed by atoms with van der Waals surface area (Å²) in [6.07, 6.45) is 0.986. The second-order valence-corrected chi connectivity index (χ2v) is 6.39. The van der Waals surface area contributed by atoms with E-state index in [9.17, 15) is 4.79 Å². The summed E-state index contributed by atoms with van der Waals surface area (Å²) in [7, 11) is 0. The fraction of sp³-hybridized carbons (Fsp3) is 0.500. The number of carbonyl (C=O) groups excluding carboxylic acids is 1. The van der Waals surface area contributed by atoms with Crippen LogP contribution in [-0.4, -0.2) is 22.5 Å². The van der Waals surface area contributed by atoms with Crippen LogP contribution in [0.4, 0.5) is 5.13 Å². The topological polar surface area (TPSA) is 64.1 Å². The molecule has 1 N–H and O–H groups in total. The van der Waals surface area contributed by atoms with E-state index in [0.717, 1.165) is 21.5 Å². The Morgan fingerprint density at radius 3 is 2.86 bits per heavy atom. The van der Waals surface area contributed by atoms with E-state index in [0.29, 0.717) is 19.4 Å². The summed E-state index contributed by atoms with van der Waals surface area (Å²) in [5, 5.41) is 9.27. The van der Waals surface area contributed by atoms with Crippen molar-refractivity contribution in [2.45, 2.75) is 39.7 Å². The molecule has 21 heavy (non-hydrogen) atoms. The van der Waals surface area contributed by atoms with E-state index in [4.69, 9.17) is 4.74 Å². The third kappa shape index (κ3) is 4.78. The maximum absolute atomic E-state index is 11.3. The summed E-state index contributed by atoms with van der Waals surface area (Å²) in [6.45, 7) is 6.29. The smallest absolute Gasteiger partial charge is 0.306 e. The fourth-order valence-electron chi connectivity index (χ4n) is 1.77. The van der Waals surface area contributed by atoms with Gasteiger partial charge in [-0.05, 0) is 20.8 Å². The van der Waals surface area contributed by atoms with Crippen molar-refractivity contribution in [3.63, 3.8) is 0 Å². The maximum atomic E-state index is 11.3. The van der Waals surface area contributed by atoms with Gasteiger partial charge in [-0.25, -0.2) is 9.97 Å². The number of rotatable bonds is 7. The molecule has 0 saturated carbocycles. The zero-order chi connectivity index (χ0) is 15.2. The molecular formula is C14H19N3O2S2. The number of esters is 1. The summed E-state index contributed by atoms with van der Waals surface area (Å²) in [6, 6.07) is 0.132. The highest BCUT2D eigenvalue weighted by molar-refractivity contribution is 7.13. The average Bonchev–Trinajstić information content (AvgIpc) is 3.06. The van der Waals surface area contributed by atoms with E-state index < -0.39 is 0 Å². The zero-order valence-electron chi connectivity index (χ0n) is 12.4. The molecule has 0 radical (unpaired) electrons. The molecular weight excluding hydrogens is 306 g/mol. The van der Waals surface area contributed by atoms with E-state index in [1.807, 2.05) is 24.6 Å². The van der Waals surface area contributed by atoms with E-state index in [1.54, 1.807) is 22.7 Å².